The number of anilines is 3. The van der Waals surface area contributed by atoms with Crippen molar-refractivity contribution in [3.63, 3.8) is 0 Å². The molecule has 0 aliphatic carbocycles. The fourth-order valence-corrected chi connectivity index (χ4v) is 5.32. The molecule has 0 spiro atoms. The zero-order chi connectivity index (χ0) is 24.6. The van der Waals surface area contributed by atoms with E-state index in [1.54, 1.807) is 6.07 Å². The van der Waals surface area contributed by atoms with Gasteiger partial charge in [0.25, 0.3) is 0 Å². The van der Waals surface area contributed by atoms with E-state index in [1.807, 2.05) is 78.2 Å². The second-order valence-corrected chi connectivity index (χ2v) is 10.7. The third kappa shape index (κ3) is 4.65. The largest absolute Gasteiger partial charge is 0.354 e. The first-order chi connectivity index (χ1) is 16.8. The molecule has 2 aromatic heterocycles. The molecule has 0 atom stereocenters. The summed E-state index contributed by atoms with van der Waals surface area (Å²) in [6.07, 6.45) is 1.24. The first kappa shape index (κ1) is 23.1. The molecule has 1 saturated heterocycles. The van der Waals surface area contributed by atoms with Crippen molar-refractivity contribution in [3.8, 4) is 5.69 Å². The van der Waals surface area contributed by atoms with Crippen LogP contribution >= 0.6 is 0 Å². The lowest BCUT2D eigenvalue weighted by molar-refractivity contribution is 0.387. The van der Waals surface area contributed by atoms with E-state index in [0.29, 0.717) is 43.0 Å². The molecule has 0 saturated carbocycles. The number of hydrogen-bond acceptors (Lipinski definition) is 6. The highest BCUT2D eigenvalue weighted by molar-refractivity contribution is 7.88. The summed E-state index contributed by atoms with van der Waals surface area (Å²) in [5.41, 5.74) is 3.02. The first-order valence-electron chi connectivity index (χ1n) is 11.5. The number of para-hydroxylation sites is 2. The molecule has 9 heteroatoms. The molecule has 0 bridgehead atoms. The Labute approximate surface area is 204 Å². The number of aryl methyl sites for hydroxylation is 1. The van der Waals surface area contributed by atoms with Gasteiger partial charge in [-0.15, -0.1) is 0 Å². The van der Waals surface area contributed by atoms with Gasteiger partial charge in [-0.25, -0.2) is 13.4 Å². The monoisotopic (exact) mass is 489 g/mol. The minimum Gasteiger partial charge on any atom is -0.354 e. The van der Waals surface area contributed by atoms with Crippen LogP contribution in [0.15, 0.2) is 77.6 Å². The zero-order valence-corrected chi connectivity index (χ0v) is 20.5. The molecule has 1 aliphatic heterocycles. The lowest BCUT2D eigenvalue weighted by Gasteiger charge is -2.34. The molecule has 0 unspecified atom stereocenters. The van der Waals surface area contributed by atoms with Crippen molar-refractivity contribution in [2.75, 3.05) is 42.7 Å². The molecular weight excluding hydrogens is 462 g/mol. The van der Waals surface area contributed by atoms with Gasteiger partial charge in [0.2, 0.25) is 10.0 Å². The lowest BCUT2D eigenvalue weighted by atomic mass is 10.1. The molecular formula is C26H27N5O3S. The Hall–Kier alpha value is -3.69. The van der Waals surface area contributed by atoms with Gasteiger partial charge >= 0.3 is 0 Å². The van der Waals surface area contributed by atoms with Gasteiger partial charge in [-0.3, -0.25) is 9.36 Å². The van der Waals surface area contributed by atoms with Gasteiger partial charge in [-0.2, -0.15) is 4.31 Å². The minimum absolute atomic E-state index is 0.107. The predicted molar refractivity (Wildman–Crippen MR) is 140 cm³/mol. The van der Waals surface area contributed by atoms with Crippen LogP contribution < -0.4 is 15.6 Å². The molecule has 0 radical (unpaired) electrons. The van der Waals surface area contributed by atoms with Crippen molar-refractivity contribution in [3.05, 3.63) is 88.6 Å². The second-order valence-electron chi connectivity index (χ2n) is 8.70. The van der Waals surface area contributed by atoms with Gasteiger partial charge in [-0.05, 0) is 42.8 Å². The van der Waals surface area contributed by atoms with Crippen LogP contribution in [0.1, 0.15) is 5.56 Å². The van der Waals surface area contributed by atoms with E-state index in [1.165, 1.54) is 10.6 Å². The Morgan fingerprint density at radius 2 is 1.51 bits per heavy atom. The third-order valence-corrected chi connectivity index (χ3v) is 7.55. The maximum absolute atomic E-state index is 13.3. The Morgan fingerprint density at radius 1 is 0.886 bits per heavy atom. The Morgan fingerprint density at radius 3 is 2.14 bits per heavy atom. The average molecular weight is 490 g/mol. The molecule has 35 heavy (non-hydrogen) atoms. The summed E-state index contributed by atoms with van der Waals surface area (Å²) in [4.78, 5) is 20.3. The van der Waals surface area contributed by atoms with Crippen molar-refractivity contribution in [1.82, 2.24) is 13.9 Å². The summed E-state index contributed by atoms with van der Waals surface area (Å²) >= 11 is 0. The van der Waals surface area contributed by atoms with E-state index < -0.39 is 10.0 Å². The van der Waals surface area contributed by atoms with Crippen molar-refractivity contribution in [2.24, 2.45) is 0 Å². The fourth-order valence-electron chi connectivity index (χ4n) is 4.49. The molecule has 8 nitrogen and oxygen atoms in total. The molecule has 1 N–H and O–H groups in total. The van der Waals surface area contributed by atoms with Crippen LogP contribution in [-0.2, 0) is 10.0 Å². The summed E-state index contributed by atoms with van der Waals surface area (Å²) in [5, 5.41) is 3.94. The van der Waals surface area contributed by atoms with Crippen molar-refractivity contribution in [2.45, 2.75) is 6.92 Å². The highest BCUT2D eigenvalue weighted by Gasteiger charge is 2.25. The van der Waals surface area contributed by atoms with Gasteiger partial charge in [0.15, 0.2) is 11.1 Å². The van der Waals surface area contributed by atoms with Crippen molar-refractivity contribution >= 4 is 38.4 Å². The molecule has 4 aromatic rings. The normalized spacial score (nSPS) is 14.9. The van der Waals surface area contributed by atoms with Crippen LogP contribution in [0.4, 0.5) is 17.3 Å². The number of nitrogens with zero attached hydrogens (tertiary/aromatic N) is 4. The standard InChI is InChI=1S/C26H27N5O3S/c1-19-17-23(29-13-15-30(16-14-29)35(2,33)34)28-26-25(19)22(32)18-24(27-20-9-5-3-6-10-20)31(26)21-11-7-4-8-12-21/h3-12,17-18,27H,13-16H2,1-2H3. The molecule has 2 aromatic carbocycles. The number of piperazine rings is 1. The first-order valence-corrected chi connectivity index (χ1v) is 13.3. The number of fused-ring (bicyclic) bond motifs is 1. The minimum atomic E-state index is -3.23. The highest BCUT2D eigenvalue weighted by atomic mass is 32.2. The average Bonchev–Trinajstić information content (AvgIpc) is 2.84. The Balaban J connectivity index is 1.66. The summed E-state index contributed by atoms with van der Waals surface area (Å²) < 4.78 is 27.3. The molecule has 0 amide bonds. The van der Waals surface area contributed by atoms with Crippen molar-refractivity contribution in [1.29, 1.82) is 0 Å². The smallest absolute Gasteiger partial charge is 0.211 e. The molecule has 1 fully saturated rings. The number of pyridine rings is 2. The van der Waals surface area contributed by atoms with E-state index in [2.05, 4.69) is 10.2 Å². The van der Waals surface area contributed by atoms with E-state index in [0.717, 1.165) is 22.8 Å². The van der Waals surface area contributed by atoms with E-state index >= 15 is 0 Å². The number of rotatable bonds is 5. The van der Waals surface area contributed by atoms with Gasteiger partial charge in [-0.1, -0.05) is 36.4 Å². The van der Waals surface area contributed by atoms with Crippen LogP contribution in [0.25, 0.3) is 16.7 Å². The molecule has 180 valence electrons. The van der Waals surface area contributed by atoms with Gasteiger partial charge in [0, 0.05) is 43.6 Å². The molecule has 1 aliphatic rings. The molecule has 3 heterocycles. The van der Waals surface area contributed by atoms with Crippen LogP contribution in [0, 0.1) is 6.92 Å². The van der Waals surface area contributed by atoms with Gasteiger partial charge in [0.1, 0.15) is 11.6 Å². The number of nitrogens with one attached hydrogen (secondary N) is 1. The van der Waals surface area contributed by atoms with Gasteiger partial charge < -0.3 is 10.2 Å². The molecule has 5 rings (SSSR count). The number of benzene rings is 2. The van der Waals surface area contributed by atoms with Crippen molar-refractivity contribution < 1.29 is 8.42 Å². The van der Waals surface area contributed by atoms with Crippen LogP contribution in [0.2, 0.25) is 0 Å². The maximum Gasteiger partial charge on any atom is 0.211 e. The zero-order valence-electron chi connectivity index (χ0n) is 19.7. The summed E-state index contributed by atoms with van der Waals surface area (Å²) in [5.74, 6) is 1.34. The Bertz CT molecular complexity index is 1530. The van der Waals surface area contributed by atoms with Crippen LogP contribution in [-0.4, -0.2) is 54.7 Å². The lowest BCUT2D eigenvalue weighted by Crippen LogP contribution is -2.48. The summed E-state index contributed by atoms with van der Waals surface area (Å²) in [7, 11) is -3.23. The number of hydrogen-bond donors (Lipinski definition) is 1. The topological polar surface area (TPSA) is 87.5 Å². The number of aromatic nitrogens is 2. The summed E-state index contributed by atoms with van der Waals surface area (Å²) in [6.45, 7) is 3.78. The highest BCUT2D eigenvalue weighted by Crippen LogP contribution is 2.28. The predicted octanol–water partition coefficient (Wildman–Crippen LogP) is 3.52. The van der Waals surface area contributed by atoms with Crippen LogP contribution in [0.5, 0.6) is 0 Å². The second kappa shape index (κ2) is 9.16. The van der Waals surface area contributed by atoms with E-state index in [-0.39, 0.29) is 5.43 Å². The van der Waals surface area contributed by atoms with E-state index in [9.17, 15) is 13.2 Å². The number of sulfonamides is 1. The van der Waals surface area contributed by atoms with E-state index in [4.69, 9.17) is 4.98 Å². The summed E-state index contributed by atoms with van der Waals surface area (Å²) in [6, 6.07) is 23.0. The van der Waals surface area contributed by atoms with Crippen LogP contribution in [0.3, 0.4) is 0 Å². The maximum atomic E-state index is 13.3. The third-order valence-electron chi connectivity index (χ3n) is 6.24. The quantitative estimate of drug-likeness (QED) is 0.462. The van der Waals surface area contributed by atoms with Gasteiger partial charge in [0.05, 0.1) is 11.6 Å². The Kier molecular flexibility index (Phi) is 6.04. The fraction of sp³-hybridized carbons (Fsp3) is 0.231. The SMILES string of the molecule is Cc1cc(N2CCN(S(C)(=O)=O)CC2)nc2c1c(=O)cc(Nc1ccccc1)n2-c1ccccc1.